The van der Waals surface area contributed by atoms with Gasteiger partial charge in [0.05, 0.1) is 18.9 Å². The molecule has 7 nitrogen and oxygen atoms in total. The van der Waals surface area contributed by atoms with Gasteiger partial charge in [0.25, 0.3) is 0 Å². The molecule has 122 valence electrons. The highest BCUT2D eigenvalue weighted by molar-refractivity contribution is 5.95. The fourth-order valence-corrected chi connectivity index (χ4v) is 1.62. The average molecular weight is 308 g/mol. The van der Waals surface area contributed by atoms with Gasteiger partial charge >= 0.3 is 0 Å². The number of nitrogens with two attached hydrogens (primary N) is 1. The zero-order valence-electron chi connectivity index (χ0n) is 13.5. The van der Waals surface area contributed by atoms with Gasteiger partial charge in [-0.2, -0.15) is 0 Å². The van der Waals surface area contributed by atoms with E-state index in [0.29, 0.717) is 30.4 Å². The zero-order chi connectivity index (χ0) is 16.5. The maximum atomic E-state index is 11.5. The van der Waals surface area contributed by atoms with Crippen LogP contribution in [0.5, 0.6) is 11.5 Å². The van der Waals surface area contributed by atoms with Crippen molar-refractivity contribution in [1.29, 1.82) is 0 Å². The summed E-state index contributed by atoms with van der Waals surface area (Å²) in [7, 11) is 3.33. The van der Waals surface area contributed by atoms with Gasteiger partial charge < -0.3 is 25.4 Å². The van der Waals surface area contributed by atoms with Crippen LogP contribution in [0, 0.1) is 0 Å². The van der Waals surface area contributed by atoms with Crippen LogP contribution in [0.25, 0.3) is 0 Å². The quantitative estimate of drug-likeness (QED) is 0.585. The molecule has 1 aromatic carbocycles. The second-order valence-corrected chi connectivity index (χ2v) is 4.64. The molecular formula is C15H24N4O3. The molecule has 1 rings (SSSR count). The van der Waals surface area contributed by atoms with E-state index in [1.54, 1.807) is 26.2 Å². The number of hydrogen-bond acceptors (Lipinski definition) is 4. The SMILES string of the molecule is CCOc1ccc(OCC)c(NC(N)=NCC(=O)N(C)C)c1. The maximum Gasteiger partial charge on any atom is 0.243 e. The van der Waals surface area contributed by atoms with E-state index in [1.807, 2.05) is 19.9 Å². The third-order valence-corrected chi connectivity index (χ3v) is 2.71. The first-order valence-corrected chi connectivity index (χ1v) is 7.14. The van der Waals surface area contributed by atoms with Crippen molar-refractivity contribution in [3.05, 3.63) is 18.2 Å². The Morgan fingerprint density at radius 1 is 1.27 bits per heavy atom. The van der Waals surface area contributed by atoms with E-state index in [-0.39, 0.29) is 18.4 Å². The van der Waals surface area contributed by atoms with Crippen molar-refractivity contribution in [2.24, 2.45) is 10.7 Å². The van der Waals surface area contributed by atoms with Crippen LogP contribution in [0.3, 0.4) is 0 Å². The predicted octanol–water partition coefficient (Wildman–Crippen LogP) is 1.30. The van der Waals surface area contributed by atoms with E-state index in [4.69, 9.17) is 15.2 Å². The first kappa shape index (κ1) is 17.6. The predicted molar refractivity (Wildman–Crippen MR) is 87.6 cm³/mol. The number of benzene rings is 1. The van der Waals surface area contributed by atoms with Gasteiger partial charge in [-0.05, 0) is 26.0 Å². The largest absolute Gasteiger partial charge is 0.494 e. The van der Waals surface area contributed by atoms with Crippen LogP contribution in [-0.2, 0) is 4.79 Å². The zero-order valence-corrected chi connectivity index (χ0v) is 13.5. The van der Waals surface area contributed by atoms with Gasteiger partial charge in [0, 0.05) is 20.2 Å². The highest BCUT2D eigenvalue weighted by Crippen LogP contribution is 2.29. The molecule has 7 heteroatoms. The van der Waals surface area contributed by atoms with Crippen molar-refractivity contribution in [1.82, 2.24) is 4.90 Å². The first-order valence-electron chi connectivity index (χ1n) is 7.14. The molecule has 1 amide bonds. The average Bonchev–Trinajstić information content (AvgIpc) is 2.47. The molecule has 22 heavy (non-hydrogen) atoms. The highest BCUT2D eigenvalue weighted by atomic mass is 16.5. The Bertz CT molecular complexity index is 530. The Hall–Kier alpha value is -2.44. The number of amides is 1. The summed E-state index contributed by atoms with van der Waals surface area (Å²) in [5.74, 6) is 1.36. The number of guanidine groups is 1. The molecule has 0 spiro atoms. The van der Waals surface area contributed by atoms with Gasteiger partial charge in [-0.1, -0.05) is 0 Å². The fourth-order valence-electron chi connectivity index (χ4n) is 1.62. The number of rotatable bonds is 7. The van der Waals surface area contributed by atoms with Gasteiger partial charge in [-0.3, -0.25) is 4.79 Å². The summed E-state index contributed by atoms with van der Waals surface area (Å²) in [5, 5.41) is 2.94. The standard InChI is InChI=1S/C15H24N4O3/c1-5-21-11-7-8-13(22-6-2)12(9-11)18-15(16)17-10-14(20)19(3)4/h7-9H,5-6,10H2,1-4H3,(H3,16,17,18). The number of likely N-dealkylation sites (N-methyl/N-ethyl adjacent to an activating group) is 1. The molecule has 0 saturated heterocycles. The van der Waals surface area contributed by atoms with Gasteiger partial charge in [0.15, 0.2) is 5.96 Å². The Morgan fingerprint density at radius 2 is 1.95 bits per heavy atom. The number of aliphatic imine (C=N–C) groups is 1. The number of nitrogens with zero attached hydrogens (tertiary/aromatic N) is 2. The molecule has 0 unspecified atom stereocenters. The van der Waals surface area contributed by atoms with Crippen molar-refractivity contribution in [3.63, 3.8) is 0 Å². The summed E-state index contributed by atoms with van der Waals surface area (Å²) in [6, 6.07) is 5.41. The van der Waals surface area contributed by atoms with Crippen molar-refractivity contribution in [2.45, 2.75) is 13.8 Å². The summed E-state index contributed by atoms with van der Waals surface area (Å²) in [6.45, 7) is 4.88. The number of ether oxygens (including phenoxy) is 2. The maximum absolute atomic E-state index is 11.5. The normalized spacial score (nSPS) is 11.0. The second kappa shape index (κ2) is 8.76. The molecule has 0 radical (unpaired) electrons. The Morgan fingerprint density at radius 3 is 2.55 bits per heavy atom. The monoisotopic (exact) mass is 308 g/mol. The minimum atomic E-state index is -0.127. The van der Waals surface area contributed by atoms with Crippen molar-refractivity contribution in [3.8, 4) is 11.5 Å². The second-order valence-electron chi connectivity index (χ2n) is 4.64. The van der Waals surface area contributed by atoms with Crippen LogP contribution in [0.15, 0.2) is 23.2 Å². The Kier molecular flexibility index (Phi) is 7.01. The Labute approximate surface area is 131 Å². The van der Waals surface area contributed by atoms with Gasteiger partial charge in [0.2, 0.25) is 5.91 Å². The molecule has 0 aliphatic rings. The molecule has 0 bridgehead atoms. The topological polar surface area (TPSA) is 89.2 Å². The summed E-state index contributed by atoms with van der Waals surface area (Å²) < 4.78 is 11.0. The van der Waals surface area contributed by atoms with Gasteiger partial charge in [-0.25, -0.2) is 4.99 Å². The third kappa shape index (κ3) is 5.51. The molecule has 0 fully saturated rings. The third-order valence-electron chi connectivity index (χ3n) is 2.71. The highest BCUT2D eigenvalue weighted by Gasteiger charge is 2.08. The van der Waals surface area contributed by atoms with Gasteiger partial charge in [0.1, 0.15) is 18.0 Å². The summed E-state index contributed by atoms with van der Waals surface area (Å²) >= 11 is 0. The summed E-state index contributed by atoms with van der Waals surface area (Å²) in [6.07, 6.45) is 0. The number of hydrogen-bond donors (Lipinski definition) is 2. The minimum Gasteiger partial charge on any atom is -0.494 e. The lowest BCUT2D eigenvalue weighted by Gasteiger charge is -2.14. The number of carbonyl (C=O) groups excluding carboxylic acids is 1. The molecular weight excluding hydrogens is 284 g/mol. The smallest absolute Gasteiger partial charge is 0.243 e. The van der Waals surface area contributed by atoms with Crippen molar-refractivity contribution < 1.29 is 14.3 Å². The minimum absolute atomic E-state index is 0.0129. The first-order chi connectivity index (χ1) is 10.5. The molecule has 1 aromatic rings. The van der Waals surface area contributed by atoms with E-state index < -0.39 is 0 Å². The molecule has 3 N–H and O–H groups in total. The molecule has 0 aliphatic heterocycles. The molecule has 0 atom stereocenters. The molecule has 0 aromatic heterocycles. The lowest BCUT2D eigenvalue weighted by atomic mass is 10.2. The molecule has 0 saturated carbocycles. The number of anilines is 1. The van der Waals surface area contributed by atoms with Crippen LogP contribution in [-0.4, -0.2) is 50.6 Å². The molecule has 0 heterocycles. The van der Waals surface area contributed by atoms with Crippen molar-refractivity contribution in [2.75, 3.05) is 39.2 Å². The van der Waals surface area contributed by atoms with Gasteiger partial charge in [-0.15, -0.1) is 0 Å². The summed E-state index contributed by atoms with van der Waals surface area (Å²) in [4.78, 5) is 17.0. The lowest BCUT2D eigenvalue weighted by Crippen LogP contribution is -2.28. The van der Waals surface area contributed by atoms with E-state index >= 15 is 0 Å². The van der Waals surface area contributed by atoms with Crippen LogP contribution >= 0.6 is 0 Å². The van der Waals surface area contributed by atoms with E-state index in [0.717, 1.165) is 0 Å². The van der Waals surface area contributed by atoms with E-state index in [2.05, 4.69) is 10.3 Å². The number of nitrogens with one attached hydrogen (secondary N) is 1. The van der Waals surface area contributed by atoms with E-state index in [9.17, 15) is 4.79 Å². The number of carbonyl (C=O) groups is 1. The lowest BCUT2D eigenvalue weighted by molar-refractivity contribution is -0.127. The summed E-state index contributed by atoms with van der Waals surface area (Å²) in [5.41, 5.74) is 6.46. The van der Waals surface area contributed by atoms with E-state index in [1.165, 1.54) is 4.90 Å². The van der Waals surface area contributed by atoms with Crippen LogP contribution in [0.2, 0.25) is 0 Å². The fraction of sp³-hybridized carbons (Fsp3) is 0.467. The Balaban J connectivity index is 2.86. The van der Waals surface area contributed by atoms with Crippen LogP contribution in [0.1, 0.15) is 13.8 Å². The van der Waals surface area contributed by atoms with Crippen LogP contribution in [0.4, 0.5) is 5.69 Å². The molecule has 0 aliphatic carbocycles. The van der Waals surface area contributed by atoms with Crippen molar-refractivity contribution >= 4 is 17.6 Å². The van der Waals surface area contributed by atoms with Crippen LogP contribution < -0.4 is 20.5 Å².